The van der Waals surface area contributed by atoms with Gasteiger partial charge in [-0.3, -0.25) is 4.79 Å². The molecule has 3 heteroatoms. The van der Waals surface area contributed by atoms with Gasteiger partial charge in [0.05, 0.1) is 6.07 Å². The van der Waals surface area contributed by atoms with Crippen LogP contribution in [0.25, 0.3) is 0 Å². The monoisotopic (exact) mass is 211 g/mol. The molecule has 3 nitrogen and oxygen atoms in total. The Bertz CT molecular complexity index is 276. The molecule has 0 fully saturated rings. The highest BCUT2D eigenvalue weighted by atomic mass is 16.4. The molecule has 0 amide bonds. The van der Waals surface area contributed by atoms with Crippen LogP contribution in [0.3, 0.4) is 0 Å². The van der Waals surface area contributed by atoms with Crippen LogP contribution in [0.15, 0.2) is 0 Å². The van der Waals surface area contributed by atoms with Gasteiger partial charge in [0.25, 0.3) is 0 Å². The molecule has 0 aliphatic rings. The predicted octanol–water partition coefficient (Wildman–Crippen LogP) is 3.06. The smallest absolute Gasteiger partial charge is 0.324 e. The first-order valence-corrected chi connectivity index (χ1v) is 5.38. The van der Waals surface area contributed by atoms with Crippen molar-refractivity contribution < 1.29 is 9.90 Å². The maximum absolute atomic E-state index is 11.4. The molecule has 0 aromatic carbocycles. The van der Waals surface area contributed by atoms with Gasteiger partial charge in [0.2, 0.25) is 0 Å². The maximum atomic E-state index is 11.4. The van der Waals surface area contributed by atoms with Gasteiger partial charge < -0.3 is 5.11 Å². The minimum atomic E-state index is -1.27. The van der Waals surface area contributed by atoms with Crippen molar-refractivity contribution in [3.63, 3.8) is 0 Å². The molecular formula is C12H21NO2. The zero-order valence-electron chi connectivity index (χ0n) is 10.3. The fourth-order valence-corrected chi connectivity index (χ4v) is 1.81. The predicted molar refractivity (Wildman–Crippen MR) is 59.2 cm³/mol. The Labute approximate surface area is 92.1 Å². The van der Waals surface area contributed by atoms with Crippen molar-refractivity contribution in [2.24, 2.45) is 16.7 Å². The molecule has 0 saturated heterocycles. The number of nitrogens with zero attached hydrogens (tertiary/aromatic N) is 1. The summed E-state index contributed by atoms with van der Waals surface area (Å²) in [5.41, 5.74) is -1.77. The van der Waals surface area contributed by atoms with Gasteiger partial charge in [0.1, 0.15) is 0 Å². The second-order valence-corrected chi connectivity index (χ2v) is 5.16. The van der Waals surface area contributed by atoms with Crippen LogP contribution in [0, 0.1) is 28.1 Å². The molecular weight excluding hydrogens is 190 g/mol. The molecule has 0 heterocycles. The van der Waals surface area contributed by atoms with Crippen LogP contribution in [0.4, 0.5) is 0 Å². The molecule has 1 N–H and O–H groups in total. The summed E-state index contributed by atoms with van der Waals surface area (Å²) in [4.78, 5) is 11.4. The van der Waals surface area contributed by atoms with E-state index in [0.29, 0.717) is 12.8 Å². The molecule has 0 aromatic heterocycles. The molecule has 0 saturated carbocycles. The Morgan fingerprint density at radius 2 is 1.93 bits per heavy atom. The third-order valence-electron chi connectivity index (χ3n) is 3.31. The molecule has 0 aliphatic carbocycles. The highest BCUT2D eigenvalue weighted by Gasteiger charge is 2.51. The molecule has 0 aromatic rings. The largest absolute Gasteiger partial charge is 0.480 e. The number of rotatable bonds is 5. The van der Waals surface area contributed by atoms with E-state index in [2.05, 4.69) is 0 Å². The van der Waals surface area contributed by atoms with E-state index in [9.17, 15) is 15.2 Å². The van der Waals surface area contributed by atoms with Crippen molar-refractivity contribution >= 4 is 5.97 Å². The van der Waals surface area contributed by atoms with E-state index in [1.807, 2.05) is 40.7 Å². The molecule has 0 spiro atoms. The van der Waals surface area contributed by atoms with E-state index >= 15 is 0 Å². The molecule has 0 aliphatic heterocycles. The Balaban J connectivity index is 5.37. The van der Waals surface area contributed by atoms with Crippen molar-refractivity contribution in [1.29, 1.82) is 5.26 Å². The third kappa shape index (κ3) is 2.50. The molecule has 1 atom stereocenters. The van der Waals surface area contributed by atoms with Crippen LogP contribution < -0.4 is 0 Å². The summed E-state index contributed by atoms with van der Waals surface area (Å²) in [5.74, 6) is -0.794. The van der Waals surface area contributed by atoms with E-state index in [1.165, 1.54) is 0 Å². The molecule has 86 valence electrons. The molecule has 1 unspecified atom stereocenters. The second kappa shape index (κ2) is 4.65. The van der Waals surface area contributed by atoms with Crippen LogP contribution in [-0.4, -0.2) is 11.1 Å². The summed E-state index contributed by atoms with van der Waals surface area (Å²) < 4.78 is 0. The van der Waals surface area contributed by atoms with Gasteiger partial charge >= 0.3 is 5.97 Å². The van der Waals surface area contributed by atoms with E-state index in [0.717, 1.165) is 0 Å². The zero-order valence-corrected chi connectivity index (χ0v) is 10.3. The average Bonchev–Trinajstić information content (AvgIpc) is 2.12. The van der Waals surface area contributed by atoms with Crippen molar-refractivity contribution in [2.75, 3.05) is 0 Å². The highest BCUT2D eigenvalue weighted by Crippen LogP contribution is 2.46. The molecule has 0 bridgehead atoms. The minimum absolute atomic E-state index is 0.201. The van der Waals surface area contributed by atoms with Crippen LogP contribution in [-0.2, 0) is 4.79 Å². The quantitative estimate of drug-likeness (QED) is 0.760. The number of carboxylic acids is 1. The van der Waals surface area contributed by atoms with Crippen molar-refractivity contribution in [3.8, 4) is 6.07 Å². The third-order valence-corrected chi connectivity index (χ3v) is 3.31. The number of nitriles is 1. The van der Waals surface area contributed by atoms with E-state index < -0.39 is 16.8 Å². The average molecular weight is 211 g/mol. The first-order valence-electron chi connectivity index (χ1n) is 5.38. The van der Waals surface area contributed by atoms with E-state index in [1.54, 1.807) is 0 Å². The van der Waals surface area contributed by atoms with Gasteiger partial charge in [-0.15, -0.1) is 0 Å². The SMILES string of the molecule is CCC(C)(C)C(C#N)(CC(C)C)C(=O)O. The van der Waals surface area contributed by atoms with Crippen LogP contribution in [0.1, 0.15) is 47.5 Å². The van der Waals surface area contributed by atoms with Gasteiger partial charge in [0.15, 0.2) is 5.41 Å². The summed E-state index contributed by atoms with van der Waals surface area (Å²) in [7, 11) is 0. The summed E-state index contributed by atoms with van der Waals surface area (Å²) >= 11 is 0. The molecule has 15 heavy (non-hydrogen) atoms. The lowest BCUT2D eigenvalue weighted by molar-refractivity contribution is -0.153. The topological polar surface area (TPSA) is 61.1 Å². The second-order valence-electron chi connectivity index (χ2n) is 5.16. The maximum Gasteiger partial charge on any atom is 0.324 e. The van der Waals surface area contributed by atoms with E-state index in [-0.39, 0.29) is 5.92 Å². The van der Waals surface area contributed by atoms with Gasteiger partial charge in [0, 0.05) is 0 Å². The zero-order chi connectivity index (χ0) is 12.3. The van der Waals surface area contributed by atoms with Gasteiger partial charge in [-0.05, 0) is 24.2 Å². The fourth-order valence-electron chi connectivity index (χ4n) is 1.81. The number of hydrogen-bond donors (Lipinski definition) is 1. The highest BCUT2D eigenvalue weighted by molar-refractivity contribution is 5.79. The standard InChI is InChI=1S/C12H21NO2/c1-6-11(4,5)12(8-13,10(14)15)7-9(2)3/h9H,6-7H2,1-5H3,(H,14,15). The number of hydrogen-bond acceptors (Lipinski definition) is 2. The van der Waals surface area contributed by atoms with Crippen LogP contribution in [0.5, 0.6) is 0 Å². The van der Waals surface area contributed by atoms with Crippen molar-refractivity contribution in [1.82, 2.24) is 0 Å². The van der Waals surface area contributed by atoms with Crippen LogP contribution >= 0.6 is 0 Å². The molecule has 0 rings (SSSR count). The van der Waals surface area contributed by atoms with E-state index in [4.69, 9.17) is 0 Å². The van der Waals surface area contributed by atoms with Gasteiger partial charge in [-0.25, -0.2) is 0 Å². The van der Waals surface area contributed by atoms with Crippen molar-refractivity contribution in [2.45, 2.75) is 47.5 Å². The normalized spacial score (nSPS) is 15.8. The first kappa shape index (κ1) is 14.0. The summed E-state index contributed by atoms with van der Waals surface area (Å²) in [5, 5.41) is 18.5. The Kier molecular flexibility index (Phi) is 4.33. The number of carbonyl (C=O) groups is 1. The summed E-state index contributed by atoms with van der Waals surface area (Å²) in [6.45, 7) is 9.52. The lowest BCUT2D eigenvalue weighted by Gasteiger charge is -2.38. The van der Waals surface area contributed by atoms with Gasteiger partial charge in [-0.1, -0.05) is 34.6 Å². The Morgan fingerprint density at radius 1 is 1.47 bits per heavy atom. The van der Waals surface area contributed by atoms with Crippen molar-refractivity contribution in [3.05, 3.63) is 0 Å². The minimum Gasteiger partial charge on any atom is -0.480 e. The van der Waals surface area contributed by atoms with Gasteiger partial charge in [-0.2, -0.15) is 5.26 Å². The van der Waals surface area contributed by atoms with Crippen LogP contribution in [0.2, 0.25) is 0 Å². The lowest BCUT2D eigenvalue weighted by atomic mass is 9.61. The summed E-state index contributed by atoms with van der Waals surface area (Å²) in [6.07, 6.45) is 1.08. The number of aliphatic carboxylic acids is 1. The summed E-state index contributed by atoms with van der Waals surface area (Å²) in [6, 6.07) is 2.04. The first-order chi connectivity index (χ1) is 6.73. The number of carboxylic acid groups (broad SMARTS) is 1. The Hall–Kier alpha value is -1.04. The lowest BCUT2D eigenvalue weighted by Crippen LogP contribution is -2.44. The molecule has 0 radical (unpaired) electrons. The Morgan fingerprint density at radius 3 is 2.13 bits per heavy atom. The fraction of sp³-hybridized carbons (Fsp3) is 0.833.